The number of methoxy groups -OCH3 is 1. The molecule has 6 nitrogen and oxygen atoms in total. The Bertz CT molecular complexity index is 1360. The second kappa shape index (κ2) is 10.7. The Morgan fingerprint density at radius 1 is 1.05 bits per heavy atom. The molecule has 1 aliphatic heterocycles. The molecule has 5 rings (SSSR count). The third-order valence-corrected chi connectivity index (χ3v) is 10.1. The summed E-state index contributed by atoms with van der Waals surface area (Å²) in [5.41, 5.74) is -0.213. The predicted molar refractivity (Wildman–Crippen MR) is 148 cm³/mol. The van der Waals surface area contributed by atoms with E-state index < -0.39 is 27.4 Å². The first-order valence-electron chi connectivity index (χ1n) is 12.1. The Kier molecular flexibility index (Phi) is 7.60. The van der Waals surface area contributed by atoms with Crippen molar-refractivity contribution in [3.63, 3.8) is 0 Å². The van der Waals surface area contributed by atoms with E-state index in [1.54, 1.807) is 26.3 Å². The first-order chi connectivity index (χ1) is 17.9. The van der Waals surface area contributed by atoms with Crippen molar-refractivity contribution in [3.8, 4) is 0 Å². The van der Waals surface area contributed by atoms with Crippen LogP contribution in [0.25, 0.3) is 0 Å². The second-order valence-electron chi connectivity index (χ2n) is 8.98. The minimum atomic E-state index is -2.93. The highest BCUT2D eigenvalue weighted by Crippen LogP contribution is 2.47. The van der Waals surface area contributed by atoms with Crippen LogP contribution in [0.5, 0.6) is 0 Å². The van der Waals surface area contributed by atoms with Gasteiger partial charge in [0.25, 0.3) is 0 Å². The topological polar surface area (TPSA) is 77.0 Å². The van der Waals surface area contributed by atoms with E-state index in [1.807, 2.05) is 84.9 Å². The standard InChI is InChI=1S/C29H31NO5S2/c1-30-37(32,24-16-10-5-11-17-24)21-28(31,20-36-23-14-8-4-9-15-23)25-18-19-26-27(25)35-29(33-2,34-26)22-12-6-3-7-13-22/h3-18,21,26-27,31H,19-20H2,1-2H3,(H,30,32). The van der Waals surface area contributed by atoms with E-state index in [2.05, 4.69) is 4.72 Å². The second-order valence-corrected chi connectivity index (χ2v) is 12.3. The van der Waals surface area contributed by atoms with E-state index >= 15 is 0 Å². The average Bonchev–Trinajstić information content (AvgIpc) is 3.52. The van der Waals surface area contributed by atoms with Gasteiger partial charge in [-0.2, -0.15) is 0 Å². The fourth-order valence-corrected chi connectivity index (χ4v) is 7.69. The summed E-state index contributed by atoms with van der Waals surface area (Å²) >= 11 is 1.49. The number of thioether (sulfide) groups is 1. The lowest BCUT2D eigenvalue weighted by Gasteiger charge is -2.32. The highest BCUT2D eigenvalue weighted by atomic mass is 32.2. The van der Waals surface area contributed by atoms with Crippen LogP contribution in [0.15, 0.2) is 112 Å². The maximum atomic E-state index is 14.2. The van der Waals surface area contributed by atoms with Crippen molar-refractivity contribution < 1.29 is 23.5 Å². The molecule has 0 spiro atoms. The van der Waals surface area contributed by atoms with Gasteiger partial charge in [0.1, 0.15) is 11.7 Å². The van der Waals surface area contributed by atoms with Gasteiger partial charge in [-0.1, -0.05) is 72.8 Å². The molecule has 3 aromatic carbocycles. The van der Waals surface area contributed by atoms with Crippen LogP contribution in [0, 0.1) is 0 Å². The highest BCUT2D eigenvalue weighted by molar-refractivity contribution is 8.00. The molecule has 0 aromatic heterocycles. The van der Waals surface area contributed by atoms with E-state index in [-0.39, 0.29) is 11.9 Å². The number of hydrogen-bond donors (Lipinski definition) is 2. The Morgan fingerprint density at radius 2 is 1.68 bits per heavy atom. The summed E-state index contributed by atoms with van der Waals surface area (Å²) < 4.78 is 35.7. The summed E-state index contributed by atoms with van der Waals surface area (Å²) in [6.07, 6.45) is 1.56. The Hall–Kier alpha value is -2.43. The van der Waals surface area contributed by atoms with Crippen LogP contribution in [0.1, 0.15) is 12.0 Å². The van der Waals surface area contributed by atoms with Gasteiger partial charge in [0.2, 0.25) is 0 Å². The Balaban J connectivity index is 1.54. The quantitative estimate of drug-likeness (QED) is 0.240. The molecule has 5 atom stereocenters. The highest BCUT2D eigenvalue weighted by Gasteiger charge is 2.56. The number of aliphatic hydroxyl groups is 1. The third kappa shape index (κ3) is 5.15. The SMILES string of the molecule is CNS(=O)(=CC(O)(CSc1ccccc1)C1=CCC2OC(OC)(c3ccccc3)OC12)c1ccccc1. The van der Waals surface area contributed by atoms with Gasteiger partial charge in [0.05, 0.1) is 15.8 Å². The molecule has 1 heterocycles. The Morgan fingerprint density at radius 3 is 2.30 bits per heavy atom. The van der Waals surface area contributed by atoms with E-state index in [9.17, 15) is 9.32 Å². The van der Waals surface area contributed by atoms with E-state index in [0.29, 0.717) is 16.9 Å². The van der Waals surface area contributed by atoms with Crippen LogP contribution < -0.4 is 4.72 Å². The molecule has 8 heteroatoms. The lowest BCUT2D eigenvalue weighted by atomic mass is 9.95. The van der Waals surface area contributed by atoms with Crippen LogP contribution in [-0.2, 0) is 29.9 Å². The molecular formula is C29H31NO5S2. The minimum absolute atomic E-state index is 0.242. The van der Waals surface area contributed by atoms with Gasteiger partial charge in [-0.15, -0.1) is 11.8 Å². The van der Waals surface area contributed by atoms with Crippen molar-refractivity contribution in [2.75, 3.05) is 19.9 Å². The number of fused-ring (bicyclic) bond motifs is 1. The van der Waals surface area contributed by atoms with Gasteiger partial charge >= 0.3 is 5.97 Å². The van der Waals surface area contributed by atoms with Crippen LogP contribution in [0.3, 0.4) is 0 Å². The summed E-state index contributed by atoms with van der Waals surface area (Å²) in [5.74, 6) is -1.14. The van der Waals surface area contributed by atoms with Gasteiger partial charge in [-0.25, -0.2) is 8.93 Å². The summed E-state index contributed by atoms with van der Waals surface area (Å²) in [5, 5.41) is 13.9. The molecule has 3 aromatic rings. The van der Waals surface area contributed by atoms with E-state index in [0.717, 1.165) is 10.5 Å². The summed E-state index contributed by atoms with van der Waals surface area (Å²) in [4.78, 5) is 1.59. The number of ether oxygens (including phenoxy) is 3. The van der Waals surface area contributed by atoms with Crippen molar-refractivity contribution in [1.29, 1.82) is 0 Å². The molecule has 1 fully saturated rings. The van der Waals surface area contributed by atoms with Gasteiger partial charge in [-0.05, 0) is 43.3 Å². The zero-order valence-electron chi connectivity index (χ0n) is 20.8. The van der Waals surface area contributed by atoms with Crippen molar-refractivity contribution >= 4 is 26.8 Å². The molecular weight excluding hydrogens is 506 g/mol. The van der Waals surface area contributed by atoms with Gasteiger partial charge in [0, 0.05) is 33.6 Å². The summed E-state index contributed by atoms with van der Waals surface area (Å²) in [7, 11) is 0.261. The number of rotatable bonds is 9. The van der Waals surface area contributed by atoms with Crippen molar-refractivity contribution in [3.05, 3.63) is 108 Å². The smallest absolute Gasteiger partial charge is 0.312 e. The molecule has 0 radical (unpaired) electrons. The monoisotopic (exact) mass is 537 g/mol. The van der Waals surface area contributed by atoms with Crippen LogP contribution in [-0.4, -0.2) is 52.4 Å². The zero-order valence-corrected chi connectivity index (χ0v) is 22.4. The first kappa shape index (κ1) is 26.2. The summed E-state index contributed by atoms with van der Waals surface area (Å²) in [6, 6.07) is 28.5. The van der Waals surface area contributed by atoms with Crippen LogP contribution in [0.2, 0.25) is 0 Å². The van der Waals surface area contributed by atoms with E-state index in [1.165, 1.54) is 17.1 Å². The first-order valence-corrected chi connectivity index (χ1v) is 14.7. The van der Waals surface area contributed by atoms with Crippen molar-refractivity contribution in [2.24, 2.45) is 0 Å². The minimum Gasteiger partial charge on any atom is -0.380 e. The van der Waals surface area contributed by atoms with E-state index in [4.69, 9.17) is 14.2 Å². The Labute approximate surface area is 222 Å². The number of benzene rings is 3. The summed E-state index contributed by atoms with van der Waals surface area (Å²) in [6.45, 7) is 0. The van der Waals surface area contributed by atoms with Crippen molar-refractivity contribution in [2.45, 2.75) is 40.0 Å². The molecule has 5 unspecified atom stereocenters. The molecule has 37 heavy (non-hydrogen) atoms. The fraction of sp³-hybridized carbons (Fsp3) is 0.276. The lowest BCUT2D eigenvalue weighted by molar-refractivity contribution is -0.342. The van der Waals surface area contributed by atoms with Gasteiger partial charge in [0.15, 0.2) is 0 Å². The third-order valence-electron chi connectivity index (χ3n) is 6.66. The molecule has 194 valence electrons. The number of nitrogens with one attached hydrogen (secondary N) is 1. The molecule has 2 aliphatic rings. The molecule has 1 aliphatic carbocycles. The average molecular weight is 538 g/mol. The maximum Gasteiger partial charge on any atom is 0.312 e. The molecule has 0 saturated carbocycles. The number of hydrogen-bond acceptors (Lipinski definition) is 6. The van der Waals surface area contributed by atoms with Gasteiger partial charge < -0.3 is 19.3 Å². The molecule has 2 N–H and O–H groups in total. The molecule has 1 saturated heterocycles. The lowest BCUT2D eigenvalue weighted by Crippen LogP contribution is -2.45. The maximum absolute atomic E-state index is 14.2. The van der Waals surface area contributed by atoms with Crippen LogP contribution >= 0.6 is 11.8 Å². The van der Waals surface area contributed by atoms with Gasteiger partial charge in [-0.3, -0.25) is 0 Å². The molecule has 0 bridgehead atoms. The van der Waals surface area contributed by atoms with Crippen molar-refractivity contribution in [1.82, 2.24) is 4.72 Å². The predicted octanol–water partition coefficient (Wildman–Crippen LogP) is 4.36. The zero-order chi connectivity index (χ0) is 25.9. The van der Waals surface area contributed by atoms with Crippen LogP contribution in [0.4, 0.5) is 0 Å². The fourth-order valence-electron chi connectivity index (χ4n) is 4.78. The molecule has 0 amide bonds. The normalized spacial score (nSPS) is 26.1. The largest absolute Gasteiger partial charge is 0.380 e.